The number of carboxylic acid groups (broad SMARTS) is 1. The topological polar surface area (TPSA) is 68.7 Å². The molecule has 0 aliphatic carbocycles. The van der Waals surface area contributed by atoms with Crippen LogP contribution in [0.1, 0.15) is 16.1 Å². The highest BCUT2D eigenvalue weighted by molar-refractivity contribution is 5.90. The highest BCUT2D eigenvalue weighted by Gasteiger charge is 2.34. The van der Waals surface area contributed by atoms with Crippen molar-refractivity contribution in [1.82, 2.24) is 4.98 Å². The summed E-state index contributed by atoms with van der Waals surface area (Å²) in [7, 11) is 0. The Balaban J connectivity index is 2.30. The van der Waals surface area contributed by atoms with E-state index in [1.54, 1.807) is 0 Å². The first kappa shape index (κ1) is 18.4. The van der Waals surface area contributed by atoms with Gasteiger partial charge in [-0.2, -0.15) is 13.2 Å². The number of aromatic carboxylic acids is 1. The summed E-state index contributed by atoms with van der Waals surface area (Å²) in [5, 5.41) is 8.96. The van der Waals surface area contributed by atoms with Crippen molar-refractivity contribution in [2.24, 2.45) is 0 Å². The molecule has 0 radical (unpaired) electrons. The average molecular weight is 367 g/mol. The smallest absolute Gasteiger partial charge is 0.477 e. The zero-order valence-electron chi connectivity index (χ0n) is 11.9. The molecule has 11 heteroatoms. The molecule has 0 amide bonds. The summed E-state index contributed by atoms with van der Waals surface area (Å²) in [5.74, 6) is -3.03. The Hall–Kier alpha value is -2.98. The minimum absolute atomic E-state index is 0.198. The number of aromatic nitrogens is 1. The molecule has 5 nitrogen and oxygen atoms in total. The molecule has 0 aliphatic heterocycles. The molecule has 25 heavy (non-hydrogen) atoms. The third-order valence-electron chi connectivity index (χ3n) is 2.67. The van der Waals surface area contributed by atoms with Crippen LogP contribution in [-0.2, 0) is 6.18 Å². The number of nitrogens with zero attached hydrogens (tertiary/aromatic N) is 1. The quantitative estimate of drug-likeness (QED) is 0.807. The summed E-state index contributed by atoms with van der Waals surface area (Å²) in [4.78, 5) is 14.0. The predicted molar refractivity (Wildman–Crippen MR) is 69.4 cm³/mol. The number of benzene rings is 1. The van der Waals surface area contributed by atoms with Crippen LogP contribution in [0, 0.1) is 0 Å². The molecule has 2 rings (SSSR count). The van der Waals surface area contributed by atoms with Crippen molar-refractivity contribution in [2.75, 3.05) is 0 Å². The van der Waals surface area contributed by atoms with Crippen molar-refractivity contribution in [2.45, 2.75) is 12.5 Å². The van der Waals surface area contributed by atoms with Crippen molar-refractivity contribution in [1.29, 1.82) is 0 Å². The SMILES string of the molecule is O=C(O)c1cnc(C(F)(F)F)cc1Oc1ccc(OC(F)(F)F)cc1. The van der Waals surface area contributed by atoms with Crippen molar-refractivity contribution < 1.29 is 45.7 Å². The van der Waals surface area contributed by atoms with E-state index >= 15 is 0 Å². The Labute approximate surface area is 135 Å². The minimum atomic E-state index is -4.91. The Bertz CT molecular complexity index is 770. The fourth-order valence-corrected chi connectivity index (χ4v) is 1.67. The van der Waals surface area contributed by atoms with E-state index in [0.29, 0.717) is 12.3 Å². The molecule has 0 unspecified atom stereocenters. The lowest BCUT2D eigenvalue weighted by Gasteiger charge is -2.13. The first-order chi connectivity index (χ1) is 11.5. The summed E-state index contributed by atoms with van der Waals surface area (Å²) in [6, 6.07) is 4.04. The number of hydrogen-bond donors (Lipinski definition) is 1. The van der Waals surface area contributed by atoms with Crippen LogP contribution in [0.5, 0.6) is 17.2 Å². The van der Waals surface area contributed by atoms with Gasteiger partial charge < -0.3 is 14.6 Å². The predicted octanol–water partition coefficient (Wildman–Crippen LogP) is 4.49. The van der Waals surface area contributed by atoms with Gasteiger partial charge in [0, 0.05) is 12.3 Å². The molecule has 1 aromatic carbocycles. The number of rotatable bonds is 4. The maximum Gasteiger partial charge on any atom is 0.573 e. The van der Waals surface area contributed by atoms with Crippen molar-refractivity contribution in [3.8, 4) is 17.2 Å². The van der Waals surface area contributed by atoms with Gasteiger partial charge in [0.25, 0.3) is 0 Å². The fraction of sp³-hybridized carbons (Fsp3) is 0.143. The van der Waals surface area contributed by atoms with E-state index in [9.17, 15) is 31.1 Å². The molecule has 2 aromatic rings. The zero-order chi connectivity index (χ0) is 18.8. The first-order valence-electron chi connectivity index (χ1n) is 6.30. The van der Waals surface area contributed by atoms with Crippen LogP contribution in [0.15, 0.2) is 36.5 Å². The van der Waals surface area contributed by atoms with E-state index in [2.05, 4.69) is 9.72 Å². The monoisotopic (exact) mass is 367 g/mol. The molecule has 0 saturated heterocycles. The van der Waals surface area contributed by atoms with Gasteiger partial charge in [-0.25, -0.2) is 4.79 Å². The van der Waals surface area contributed by atoms with Crippen LogP contribution >= 0.6 is 0 Å². The van der Waals surface area contributed by atoms with Crippen molar-refractivity contribution in [3.05, 3.63) is 47.8 Å². The van der Waals surface area contributed by atoms with E-state index in [1.165, 1.54) is 0 Å². The van der Waals surface area contributed by atoms with Crippen molar-refractivity contribution >= 4 is 5.97 Å². The second-order valence-electron chi connectivity index (χ2n) is 4.49. The van der Waals surface area contributed by atoms with Crippen LogP contribution in [-0.4, -0.2) is 22.4 Å². The first-order valence-corrected chi connectivity index (χ1v) is 6.30. The van der Waals surface area contributed by atoms with Crippen molar-refractivity contribution in [3.63, 3.8) is 0 Å². The lowest BCUT2D eigenvalue weighted by Crippen LogP contribution is -2.16. The van der Waals surface area contributed by atoms with E-state index < -0.39 is 41.3 Å². The van der Waals surface area contributed by atoms with Crippen LogP contribution in [0.25, 0.3) is 0 Å². The maximum atomic E-state index is 12.7. The summed E-state index contributed by atoms with van der Waals surface area (Å²) < 4.78 is 82.8. The van der Waals surface area contributed by atoms with Gasteiger partial charge in [0.1, 0.15) is 28.5 Å². The number of ether oxygens (including phenoxy) is 2. The second kappa shape index (κ2) is 6.49. The van der Waals surface area contributed by atoms with Crippen LogP contribution in [0.2, 0.25) is 0 Å². The number of carboxylic acids is 1. The fourth-order valence-electron chi connectivity index (χ4n) is 1.67. The molecule has 1 N–H and O–H groups in total. The summed E-state index contributed by atoms with van der Waals surface area (Å²) >= 11 is 0. The minimum Gasteiger partial charge on any atom is -0.477 e. The molecule has 0 saturated carbocycles. The molecule has 0 bridgehead atoms. The van der Waals surface area contributed by atoms with Gasteiger partial charge in [0.15, 0.2) is 0 Å². The van der Waals surface area contributed by atoms with Crippen LogP contribution < -0.4 is 9.47 Å². The van der Waals surface area contributed by atoms with Gasteiger partial charge in [-0.3, -0.25) is 4.98 Å². The lowest BCUT2D eigenvalue weighted by atomic mass is 10.2. The highest BCUT2D eigenvalue weighted by Crippen LogP contribution is 2.34. The largest absolute Gasteiger partial charge is 0.573 e. The van der Waals surface area contributed by atoms with Crippen LogP contribution in [0.4, 0.5) is 26.3 Å². The van der Waals surface area contributed by atoms with E-state index in [0.717, 1.165) is 24.3 Å². The van der Waals surface area contributed by atoms with Gasteiger partial charge >= 0.3 is 18.5 Å². The Kier molecular flexibility index (Phi) is 4.77. The second-order valence-corrected chi connectivity index (χ2v) is 4.49. The summed E-state index contributed by atoms with van der Waals surface area (Å²) in [6.45, 7) is 0. The van der Waals surface area contributed by atoms with E-state index in [-0.39, 0.29) is 5.75 Å². The highest BCUT2D eigenvalue weighted by atomic mass is 19.4. The molecule has 0 spiro atoms. The Morgan fingerprint density at radius 3 is 2.04 bits per heavy atom. The maximum absolute atomic E-state index is 12.7. The summed E-state index contributed by atoms with van der Waals surface area (Å²) in [6.07, 6.45) is -9.27. The third kappa shape index (κ3) is 4.99. The molecular formula is C14H7F6NO4. The van der Waals surface area contributed by atoms with E-state index in [1.807, 2.05) is 0 Å². The molecule has 0 aliphatic rings. The summed E-state index contributed by atoms with van der Waals surface area (Å²) in [5.41, 5.74) is -2.03. The third-order valence-corrected chi connectivity index (χ3v) is 2.67. The van der Waals surface area contributed by atoms with Gasteiger partial charge in [0.2, 0.25) is 0 Å². The lowest BCUT2D eigenvalue weighted by molar-refractivity contribution is -0.274. The van der Waals surface area contributed by atoms with Gasteiger partial charge in [-0.1, -0.05) is 0 Å². The molecular weight excluding hydrogens is 360 g/mol. The number of pyridine rings is 1. The molecule has 1 aromatic heterocycles. The zero-order valence-corrected chi connectivity index (χ0v) is 11.9. The Morgan fingerprint density at radius 2 is 1.56 bits per heavy atom. The van der Waals surface area contributed by atoms with Crippen LogP contribution in [0.3, 0.4) is 0 Å². The standard InChI is InChI=1S/C14H7F6NO4/c15-13(16,17)11-5-10(9(6-21-11)12(22)23)24-7-1-3-8(4-2-7)25-14(18,19)20/h1-6H,(H,22,23). The molecule has 0 atom stereocenters. The molecule has 1 heterocycles. The average Bonchev–Trinajstić information content (AvgIpc) is 2.46. The molecule has 0 fully saturated rings. The number of halogens is 6. The molecule has 134 valence electrons. The normalized spacial score (nSPS) is 11.9. The van der Waals surface area contributed by atoms with Gasteiger partial charge in [0.05, 0.1) is 0 Å². The Morgan fingerprint density at radius 1 is 1.00 bits per heavy atom. The van der Waals surface area contributed by atoms with E-state index in [4.69, 9.17) is 9.84 Å². The number of alkyl halides is 6. The number of hydrogen-bond acceptors (Lipinski definition) is 4. The number of carbonyl (C=O) groups is 1. The van der Waals surface area contributed by atoms with Gasteiger partial charge in [-0.05, 0) is 24.3 Å². The van der Waals surface area contributed by atoms with Gasteiger partial charge in [-0.15, -0.1) is 13.2 Å².